The number of amidine groups is 1. The minimum Gasteiger partial charge on any atom is -0.330 e. The number of fused-ring (bicyclic) bond motifs is 2. The highest BCUT2D eigenvalue weighted by Gasteiger charge is 2.27. The van der Waals surface area contributed by atoms with Gasteiger partial charge < -0.3 is 4.90 Å². The zero-order valence-corrected chi connectivity index (χ0v) is 15.9. The van der Waals surface area contributed by atoms with E-state index >= 15 is 0 Å². The van der Waals surface area contributed by atoms with Crippen molar-refractivity contribution in [2.45, 2.75) is 4.90 Å². The van der Waals surface area contributed by atoms with Gasteiger partial charge in [-0.2, -0.15) is 0 Å². The van der Waals surface area contributed by atoms with E-state index in [1.54, 1.807) is 18.2 Å². The lowest BCUT2D eigenvalue weighted by molar-refractivity contribution is -0.115. The molecule has 2 aromatic rings. The monoisotopic (exact) mass is 418 g/mol. The van der Waals surface area contributed by atoms with Crippen LogP contribution in [0.25, 0.3) is 10.8 Å². The zero-order chi connectivity index (χ0) is 19.9. The third kappa shape index (κ3) is 3.41. The molecule has 0 fully saturated rings. The number of hydrogen-bond donors (Lipinski definition) is 1. The average Bonchev–Trinajstić information content (AvgIpc) is 2.66. The van der Waals surface area contributed by atoms with Gasteiger partial charge in [-0.3, -0.25) is 9.78 Å². The van der Waals surface area contributed by atoms with Crippen LogP contribution in [0.2, 0.25) is 0 Å². The Bertz CT molecular complexity index is 1290. The number of nitrogens with one attached hydrogen (secondary N) is 1. The van der Waals surface area contributed by atoms with E-state index in [0.717, 1.165) is 0 Å². The Morgan fingerprint density at radius 1 is 1.18 bits per heavy atom. The summed E-state index contributed by atoms with van der Waals surface area (Å²) < 4.78 is 54.2. The number of hydrogen-bond acceptors (Lipinski definition) is 7. The van der Waals surface area contributed by atoms with Crippen molar-refractivity contribution in [1.29, 1.82) is 0 Å². The smallest absolute Gasteiger partial charge is 0.266 e. The fourth-order valence-electron chi connectivity index (χ4n) is 2.90. The number of nitrogens with zero attached hydrogens (tertiary/aromatic N) is 3. The van der Waals surface area contributed by atoms with Crippen molar-refractivity contribution >= 4 is 42.6 Å². The Morgan fingerprint density at radius 2 is 2.00 bits per heavy atom. The van der Waals surface area contributed by atoms with Gasteiger partial charge in [0.1, 0.15) is 5.84 Å². The molecule has 3 heterocycles. The van der Waals surface area contributed by atoms with E-state index in [-0.39, 0.29) is 28.6 Å². The molecule has 144 valence electrons. The number of rotatable bonds is 3. The normalized spacial score (nSPS) is 18.2. The zero-order valence-electron chi connectivity index (χ0n) is 14.3. The van der Waals surface area contributed by atoms with E-state index in [4.69, 9.17) is 0 Å². The standard InChI is InChI=1S/C17H14N4O5S2/c22-17(13-4-5-16-19-27(23,24)9-8-21(16)11-13)20-28(25,26)15-3-1-2-12-10-18-7-6-14(12)15/h1-7,10-11H,8-9H2,(H,20,22). The fraction of sp³-hybridized carbons (Fsp3) is 0.118. The molecule has 1 aromatic heterocycles. The number of carbonyl (C=O) groups is 1. The highest BCUT2D eigenvalue weighted by molar-refractivity contribution is 7.90. The molecule has 0 unspecified atom stereocenters. The molecule has 0 saturated heterocycles. The molecular weight excluding hydrogens is 404 g/mol. The van der Waals surface area contributed by atoms with Crippen LogP contribution in [-0.2, 0) is 24.8 Å². The lowest BCUT2D eigenvalue weighted by Gasteiger charge is -2.26. The molecule has 2 aliphatic rings. The molecule has 0 atom stereocenters. The first-order valence-corrected chi connectivity index (χ1v) is 11.2. The highest BCUT2D eigenvalue weighted by Crippen LogP contribution is 2.22. The number of pyridine rings is 1. The van der Waals surface area contributed by atoms with E-state index in [0.29, 0.717) is 10.8 Å². The molecule has 4 rings (SSSR count). The van der Waals surface area contributed by atoms with Crippen molar-refractivity contribution in [2.75, 3.05) is 12.3 Å². The van der Waals surface area contributed by atoms with E-state index in [1.807, 2.05) is 0 Å². The van der Waals surface area contributed by atoms with Gasteiger partial charge in [0.15, 0.2) is 0 Å². The van der Waals surface area contributed by atoms with E-state index < -0.39 is 26.0 Å². The minimum atomic E-state index is -4.13. The summed E-state index contributed by atoms with van der Waals surface area (Å²) in [7, 11) is -7.64. The third-order valence-corrected chi connectivity index (χ3v) is 6.80. The van der Waals surface area contributed by atoms with Crippen molar-refractivity contribution < 1.29 is 21.6 Å². The molecule has 0 aliphatic carbocycles. The second-order valence-corrected chi connectivity index (χ2v) is 9.54. The Kier molecular flexibility index (Phi) is 4.27. The van der Waals surface area contributed by atoms with Gasteiger partial charge in [-0.1, -0.05) is 12.1 Å². The first kappa shape index (κ1) is 18.3. The Hall–Kier alpha value is -3.05. The van der Waals surface area contributed by atoms with Crippen molar-refractivity contribution in [2.24, 2.45) is 4.40 Å². The van der Waals surface area contributed by atoms with Gasteiger partial charge in [-0.05, 0) is 24.3 Å². The second-order valence-electron chi connectivity index (χ2n) is 6.13. The van der Waals surface area contributed by atoms with Crippen LogP contribution in [0.3, 0.4) is 0 Å². The van der Waals surface area contributed by atoms with Crippen LogP contribution < -0.4 is 4.72 Å². The molecule has 0 spiro atoms. The maximum atomic E-state index is 12.7. The molecule has 11 heteroatoms. The maximum Gasteiger partial charge on any atom is 0.266 e. The third-order valence-electron chi connectivity index (χ3n) is 4.24. The quantitative estimate of drug-likeness (QED) is 0.771. The molecule has 1 aromatic carbocycles. The summed E-state index contributed by atoms with van der Waals surface area (Å²) in [6.45, 7) is 0.130. The topological polar surface area (TPSA) is 126 Å². The molecule has 0 saturated carbocycles. The average molecular weight is 418 g/mol. The number of amides is 1. The molecule has 0 radical (unpaired) electrons. The van der Waals surface area contributed by atoms with Crippen LogP contribution in [0, 0.1) is 0 Å². The van der Waals surface area contributed by atoms with Crippen LogP contribution >= 0.6 is 0 Å². The maximum absolute atomic E-state index is 12.7. The van der Waals surface area contributed by atoms with E-state index in [1.165, 1.54) is 41.7 Å². The first-order valence-electron chi connectivity index (χ1n) is 8.14. The van der Waals surface area contributed by atoms with Gasteiger partial charge in [0.05, 0.1) is 16.2 Å². The predicted molar refractivity (Wildman–Crippen MR) is 102 cm³/mol. The molecule has 1 amide bonds. The van der Waals surface area contributed by atoms with Crippen molar-refractivity contribution in [1.82, 2.24) is 14.6 Å². The van der Waals surface area contributed by atoms with Crippen LogP contribution in [0.5, 0.6) is 0 Å². The number of aromatic nitrogens is 1. The largest absolute Gasteiger partial charge is 0.330 e. The summed E-state index contributed by atoms with van der Waals surface area (Å²) >= 11 is 0. The first-order chi connectivity index (χ1) is 13.3. The van der Waals surface area contributed by atoms with E-state index in [2.05, 4.69) is 14.1 Å². The summed E-state index contributed by atoms with van der Waals surface area (Å²) in [5.74, 6) is -0.819. The molecule has 0 bridgehead atoms. The Labute approximate surface area is 161 Å². The van der Waals surface area contributed by atoms with Crippen molar-refractivity contribution in [3.05, 3.63) is 60.6 Å². The number of carbonyl (C=O) groups excluding carboxylic acids is 1. The number of sulfonamides is 2. The minimum absolute atomic E-state index is 0.0348. The van der Waals surface area contributed by atoms with Gasteiger partial charge in [0.2, 0.25) is 0 Å². The lowest BCUT2D eigenvalue weighted by Crippen LogP contribution is -2.39. The second kappa shape index (κ2) is 6.53. The van der Waals surface area contributed by atoms with Gasteiger partial charge in [0.25, 0.3) is 26.0 Å². The van der Waals surface area contributed by atoms with Crippen molar-refractivity contribution in [3.8, 4) is 0 Å². The van der Waals surface area contributed by atoms with Crippen LogP contribution in [0.15, 0.2) is 69.9 Å². The summed E-state index contributed by atoms with van der Waals surface area (Å²) in [6, 6.07) is 6.26. The fourth-order valence-corrected chi connectivity index (χ4v) is 5.07. The van der Waals surface area contributed by atoms with Crippen LogP contribution in [-0.4, -0.2) is 50.8 Å². The van der Waals surface area contributed by atoms with Gasteiger partial charge in [0, 0.05) is 35.9 Å². The summed E-state index contributed by atoms with van der Waals surface area (Å²) in [5.41, 5.74) is 0.0729. The molecule has 9 nitrogen and oxygen atoms in total. The van der Waals surface area contributed by atoms with Gasteiger partial charge in [-0.15, -0.1) is 4.40 Å². The van der Waals surface area contributed by atoms with Gasteiger partial charge >= 0.3 is 0 Å². The lowest BCUT2D eigenvalue weighted by atomic mass is 10.2. The highest BCUT2D eigenvalue weighted by atomic mass is 32.2. The Balaban J connectivity index is 1.62. The van der Waals surface area contributed by atoms with E-state index in [9.17, 15) is 21.6 Å². The van der Waals surface area contributed by atoms with Gasteiger partial charge in [-0.25, -0.2) is 21.6 Å². The van der Waals surface area contributed by atoms with Crippen LogP contribution in [0.1, 0.15) is 0 Å². The SMILES string of the molecule is O=C(NS(=O)(=O)c1cccc2cnccc12)C1=CN2CCS(=O)(=O)N=C2C=C1. The molecule has 28 heavy (non-hydrogen) atoms. The molecular formula is C17H14N4O5S2. The van der Waals surface area contributed by atoms with Crippen molar-refractivity contribution in [3.63, 3.8) is 0 Å². The summed E-state index contributed by atoms with van der Waals surface area (Å²) in [6.07, 6.45) is 7.08. The summed E-state index contributed by atoms with van der Waals surface area (Å²) in [5, 5.41) is 1.08. The number of benzene rings is 1. The molecule has 1 N–H and O–H groups in total. The van der Waals surface area contributed by atoms with Crippen LogP contribution in [0.4, 0.5) is 0 Å². The predicted octanol–water partition coefficient (Wildman–Crippen LogP) is 0.537. The Morgan fingerprint density at radius 3 is 2.82 bits per heavy atom. The summed E-state index contributed by atoms with van der Waals surface area (Å²) in [4.78, 5) is 17.9. The molecule has 2 aliphatic heterocycles.